The van der Waals surface area contributed by atoms with E-state index in [-0.39, 0.29) is 126 Å². The van der Waals surface area contributed by atoms with Crippen LogP contribution in [0.15, 0.2) is 105 Å². The maximum absolute atomic E-state index is 14.8. The van der Waals surface area contributed by atoms with Gasteiger partial charge >= 0.3 is 11.9 Å². The Labute approximate surface area is 535 Å². The molecular formula is C58H87N21O14. The van der Waals surface area contributed by atoms with Crippen molar-refractivity contribution in [1.29, 1.82) is 0 Å². The highest BCUT2D eigenvalue weighted by atomic mass is 16.4. The molecule has 0 saturated heterocycles. The Hall–Kier alpha value is -10.8. The average Bonchev–Trinajstić information content (AvgIpc) is 1.17. The predicted molar refractivity (Wildman–Crippen MR) is 342 cm³/mol. The topological polar surface area (TPSA) is 631 Å². The molecule has 35 heteroatoms. The number of phenols is 1. The molecule has 3 aromatic carbocycles. The summed E-state index contributed by atoms with van der Waals surface area (Å²) in [5.74, 6) is -12.6. The van der Waals surface area contributed by atoms with E-state index in [4.69, 9.17) is 51.6 Å². The molecule has 0 bridgehead atoms. The van der Waals surface area contributed by atoms with Crippen LogP contribution in [0.25, 0.3) is 0 Å². The molecule has 0 aliphatic rings. The van der Waals surface area contributed by atoms with Crippen LogP contribution in [0.3, 0.4) is 0 Å². The van der Waals surface area contributed by atoms with Crippen molar-refractivity contribution in [2.45, 2.75) is 131 Å². The van der Waals surface area contributed by atoms with Gasteiger partial charge in [-0.2, -0.15) is 0 Å². The fourth-order valence-electron chi connectivity index (χ4n) is 8.94. The Morgan fingerprint density at radius 2 is 0.656 bits per heavy atom. The number of aliphatic hydroxyl groups excluding tert-OH is 1. The summed E-state index contributed by atoms with van der Waals surface area (Å²) in [5.41, 5.74) is 52.0. The molecule has 8 amide bonds. The number of aliphatic imine (C=N–C) groups is 4. The first kappa shape index (κ1) is 76.4. The van der Waals surface area contributed by atoms with Gasteiger partial charge in [-0.3, -0.25) is 63.1 Å². The quantitative estimate of drug-likeness (QED) is 0.0142. The number of aromatic hydroxyl groups is 1. The lowest BCUT2D eigenvalue weighted by Gasteiger charge is -2.28. The maximum Gasteiger partial charge on any atom is 0.326 e. The second-order valence-electron chi connectivity index (χ2n) is 21.3. The van der Waals surface area contributed by atoms with Crippen LogP contribution in [-0.4, -0.2) is 191 Å². The normalized spacial score (nSPS) is 13.7. The van der Waals surface area contributed by atoms with Gasteiger partial charge in [-0.25, -0.2) is 4.79 Å². The summed E-state index contributed by atoms with van der Waals surface area (Å²) >= 11 is 0. The lowest BCUT2D eigenvalue weighted by molar-refractivity contribution is -0.143. The van der Waals surface area contributed by atoms with Crippen LogP contribution < -0.4 is 94.1 Å². The van der Waals surface area contributed by atoms with Gasteiger partial charge in [-0.05, 0) is 86.6 Å². The fourth-order valence-corrected chi connectivity index (χ4v) is 8.94. The first-order valence-corrected chi connectivity index (χ1v) is 29.5. The SMILES string of the molecule is NC(N)=NCCCC(NC(=O)C(CO)NC(=O)C(N)Cc1ccccc1)C(=O)NC(CCCN=C(N)N)C(=O)NC(Cc1ccc(O)cc1)C(=O)NC(CCCN=C(N)N)C(=O)NC(CCCN=C(N)N)C(=O)NC(CC(=O)O)C(=O)NC(Cc1ccccc1)C(=O)O. The third-order valence-electron chi connectivity index (χ3n) is 13.7. The third-order valence-corrected chi connectivity index (χ3v) is 13.7. The predicted octanol–water partition coefficient (Wildman–Crippen LogP) is -6.61. The Morgan fingerprint density at radius 1 is 0.366 bits per heavy atom. The molecule has 0 heterocycles. The molecule has 0 spiro atoms. The van der Waals surface area contributed by atoms with Gasteiger partial charge in [0.1, 0.15) is 54.1 Å². The number of nitrogens with one attached hydrogen (secondary N) is 8. The molecule has 0 radical (unpaired) electrons. The number of nitrogens with zero attached hydrogens (tertiary/aromatic N) is 4. The highest BCUT2D eigenvalue weighted by Gasteiger charge is 2.36. The van der Waals surface area contributed by atoms with E-state index < -0.39 is 127 Å². The van der Waals surface area contributed by atoms with Gasteiger partial charge in [-0.1, -0.05) is 72.8 Å². The van der Waals surface area contributed by atoms with Crippen LogP contribution in [0.1, 0.15) is 74.5 Å². The fraction of sp³-hybridized carbons (Fsp3) is 0.448. The number of aliphatic carboxylic acids is 2. The van der Waals surface area contributed by atoms with Crippen LogP contribution in [0.5, 0.6) is 5.75 Å². The van der Waals surface area contributed by atoms with Gasteiger partial charge in [0.15, 0.2) is 23.8 Å². The van der Waals surface area contributed by atoms with E-state index in [0.717, 1.165) is 0 Å². The van der Waals surface area contributed by atoms with E-state index >= 15 is 0 Å². The summed E-state index contributed by atoms with van der Waals surface area (Å²) in [7, 11) is 0. The van der Waals surface area contributed by atoms with Crippen molar-refractivity contribution in [2.75, 3.05) is 32.8 Å². The van der Waals surface area contributed by atoms with Crippen LogP contribution in [0.4, 0.5) is 0 Å². The van der Waals surface area contributed by atoms with E-state index in [9.17, 15) is 68.4 Å². The molecule has 0 saturated carbocycles. The number of carbonyl (C=O) groups is 10. The second-order valence-corrected chi connectivity index (χ2v) is 21.3. The lowest BCUT2D eigenvalue weighted by atomic mass is 10.0. The number of benzene rings is 3. The summed E-state index contributed by atoms with van der Waals surface area (Å²) in [6, 6.07) is 8.13. The van der Waals surface area contributed by atoms with Crippen LogP contribution in [0.2, 0.25) is 0 Å². The van der Waals surface area contributed by atoms with Crippen LogP contribution in [0, 0.1) is 0 Å². The Kier molecular flexibility index (Phi) is 33.5. The lowest BCUT2D eigenvalue weighted by Crippen LogP contribution is -2.61. The number of aliphatic hydroxyl groups is 1. The number of guanidine groups is 4. The third kappa shape index (κ3) is 30.5. The smallest absolute Gasteiger partial charge is 0.326 e. The molecular weight excluding hydrogens is 1210 g/mol. The molecule has 35 nitrogen and oxygen atoms in total. The molecule has 0 aliphatic heterocycles. The Morgan fingerprint density at radius 3 is 1.01 bits per heavy atom. The van der Waals surface area contributed by atoms with Gasteiger partial charge < -0.3 is 115 Å². The number of carboxylic acids is 2. The molecule has 93 heavy (non-hydrogen) atoms. The van der Waals surface area contributed by atoms with Crippen molar-refractivity contribution in [2.24, 2.45) is 71.6 Å². The van der Waals surface area contributed by atoms with Gasteiger partial charge in [0.05, 0.1) is 19.1 Å². The van der Waals surface area contributed by atoms with Crippen molar-refractivity contribution in [3.05, 3.63) is 102 Å². The first-order chi connectivity index (χ1) is 44.1. The van der Waals surface area contributed by atoms with Crippen molar-refractivity contribution in [1.82, 2.24) is 42.5 Å². The zero-order valence-electron chi connectivity index (χ0n) is 51.2. The minimum atomic E-state index is -1.90. The number of carbonyl (C=O) groups excluding carboxylic acids is 8. The molecule has 9 atom stereocenters. The summed E-state index contributed by atoms with van der Waals surface area (Å²) in [6.45, 7) is -1.23. The van der Waals surface area contributed by atoms with E-state index in [1.165, 1.54) is 24.3 Å². The molecule has 9 unspecified atom stereocenters. The van der Waals surface area contributed by atoms with Gasteiger partial charge in [0, 0.05) is 39.0 Å². The highest BCUT2D eigenvalue weighted by Crippen LogP contribution is 2.15. The molecule has 3 aromatic rings. The van der Waals surface area contributed by atoms with Crippen LogP contribution >= 0.6 is 0 Å². The molecule has 3 rings (SSSR count). The number of hydrogen-bond donors (Lipinski definition) is 21. The zero-order chi connectivity index (χ0) is 69.0. The maximum atomic E-state index is 14.8. The van der Waals surface area contributed by atoms with Gasteiger partial charge in [0.25, 0.3) is 0 Å². The number of phenolic OH excluding ortho intramolecular Hbond substituents is 1. The first-order valence-electron chi connectivity index (χ1n) is 29.5. The number of carboxylic acid groups (broad SMARTS) is 2. The zero-order valence-corrected chi connectivity index (χ0v) is 51.2. The van der Waals surface area contributed by atoms with Crippen molar-refractivity contribution < 1.29 is 68.4 Å². The minimum absolute atomic E-state index is 0.0119. The number of nitrogens with two attached hydrogens (primary N) is 9. The molecule has 0 fully saturated rings. The summed E-state index contributed by atoms with van der Waals surface area (Å²) in [6.07, 6.45) is -2.45. The number of amides is 8. The highest BCUT2D eigenvalue weighted by molar-refractivity contribution is 5.99. The van der Waals surface area contributed by atoms with E-state index in [0.29, 0.717) is 16.7 Å². The minimum Gasteiger partial charge on any atom is -0.508 e. The van der Waals surface area contributed by atoms with E-state index in [1.54, 1.807) is 60.7 Å². The molecule has 0 aromatic heterocycles. The average molecular weight is 1300 g/mol. The van der Waals surface area contributed by atoms with Crippen LogP contribution in [-0.2, 0) is 67.2 Å². The standard InChI is InChI=1S/C58H87N21O14/c59-36(27-32-11-3-1-4-12-32)46(84)79-44(31-80)53(91)75-38(16-8-24-69-56(62)63)48(86)72-39(17-9-25-70-57(64)65)49(87)76-41(28-34-19-21-35(81)22-20-34)51(89)74-37(15-7-23-68-55(60)61)47(85)73-40(18-10-26-71-58(66)67)50(88)77-42(30-45(82)83)52(90)78-43(54(92)93)29-33-13-5-2-6-14-33/h1-6,11-14,19-22,36-44,80-81H,7-10,15-18,23-31,59H2,(H,72,86)(H,73,85)(H,74,89)(H,75,91)(H,76,87)(H,77,88)(H,78,90)(H,79,84)(H,82,83)(H,92,93)(H4,60,61,68)(H4,62,63,69)(H4,64,65,70)(H4,66,67,71). The van der Waals surface area contributed by atoms with Crippen molar-refractivity contribution in [3.8, 4) is 5.75 Å². The Bertz CT molecular complexity index is 3070. The van der Waals surface area contributed by atoms with Gasteiger partial charge in [-0.15, -0.1) is 0 Å². The summed E-state index contributed by atoms with van der Waals surface area (Å²) in [4.78, 5) is 154. The van der Waals surface area contributed by atoms with Crippen molar-refractivity contribution in [3.63, 3.8) is 0 Å². The van der Waals surface area contributed by atoms with E-state index in [2.05, 4.69) is 62.5 Å². The summed E-state index contributed by atoms with van der Waals surface area (Å²) in [5, 5.41) is 60.0. The largest absolute Gasteiger partial charge is 0.508 e. The Balaban J connectivity index is 2.05. The molecule has 30 N–H and O–H groups in total. The van der Waals surface area contributed by atoms with E-state index in [1.807, 2.05) is 0 Å². The number of hydrogen-bond acceptors (Lipinski definition) is 17. The second kappa shape index (κ2) is 40.7. The van der Waals surface area contributed by atoms with Gasteiger partial charge in [0.2, 0.25) is 47.3 Å². The molecule has 0 aliphatic carbocycles. The monoisotopic (exact) mass is 1300 g/mol. The summed E-state index contributed by atoms with van der Waals surface area (Å²) < 4.78 is 0. The number of rotatable bonds is 42. The molecule has 508 valence electrons. The van der Waals surface area contributed by atoms with Crippen molar-refractivity contribution >= 4 is 83.0 Å².